The third kappa shape index (κ3) is 3.40. The molecular formula is C22H30N2. The number of rotatable bonds is 6. The molecule has 1 aliphatic rings. The molecule has 2 aromatic rings. The molecule has 3 rings (SSSR count). The van der Waals surface area contributed by atoms with Crippen LogP contribution in [0.1, 0.15) is 43.2 Å². The second-order valence-electron chi connectivity index (χ2n) is 7.16. The fourth-order valence-electron chi connectivity index (χ4n) is 4.34. The van der Waals surface area contributed by atoms with Crippen LogP contribution in [-0.2, 0) is 5.54 Å². The molecule has 1 aliphatic heterocycles. The molecule has 1 heterocycles. The zero-order chi connectivity index (χ0) is 16.8. The minimum Gasteiger partial charge on any atom is -0.330 e. The van der Waals surface area contributed by atoms with Gasteiger partial charge in [0.15, 0.2) is 0 Å². The molecule has 0 saturated carbocycles. The zero-order valence-corrected chi connectivity index (χ0v) is 14.8. The maximum absolute atomic E-state index is 5.69. The average molecular weight is 322 g/mol. The van der Waals surface area contributed by atoms with Crippen LogP contribution >= 0.6 is 0 Å². The summed E-state index contributed by atoms with van der Waals surface area (Å²) in [7, 11) is 2.29. The largest absolute Gasteiger partial charge is 0.330 e. The van der Waals surface area contributed by atoms with E-state index in [1.165, 1.54) is 36.8 Å². The molecule has 2 nitrogen and oxygen atoms in total. The minimum absolute atomic E-state index is 0.00580. The Kier molecular flexibility index (Phi) is 5.70. The Morgan fingerprint density at radius 1 is 0.958 bits per heavy atom. The first-order valence-corrected chi connectivity index (χ1v) is 9.29. The summed E-state index contributed by atoms with van der Waals surface area (Å²) >= 11 is 0. The summed E-state index contributed by atoms with van der Waals surface area (Å²) in [6.45, 7) is 1.96. The van der Waals surface area contributed by atoms with Crippen LogP contribution in [0.25, 0.3) is 0 Å². The summed E-state index contributed by atoms with van der Waals surface area (Å²) in [6, 6.07) is 22.1. The number of hydrogen-bond acceptors (Lipinski definition) is 2. The van der Waals surface area contributed by atoms with Crippen LogP contribution in [0.5, 0.6) is 0 Å². The first-order chi connectivity index (χ1) is 11.8. The van der Waals surface area contributed by atoms with Crippen molar-refractivity contribution in [2.24, 2.45) is 11.7 Å². The van der Waals surface area contributed by atoms with Gasteiger partial charge in [-0.05, 0) is 56.4 Å². The summed E-state index contributed by atoms with van der Waals surface area (Å²) in [6.07, 6.45) is 6.19. The number of likely N-dealkylation sites (tertiary alicyclic amines) is 1. The summed E-state index contributed by atoms with van der Waals surface area (Å²) in [5.74, 6) is 0.771. The van der Waals surface area contributed by atoms with Gasteiger partial charge in [0.05, 0.1) is 5.54 Å². The van der Waals surface area contributed by atoms with Gasteiger partial charge in [-0.1, -0.05) is 73.5 Å². The number of hydrogen-bond donors (Lipinski definition) is 1. The van der Waals surface area contributed by atoms with Crippen molar-refractivity contribution in [1.82, 2.24) is 4.90 Å². The van der Waals surface area contributed by atoms with Crippen molar-refractivity contribution in [3.8, 4) is 0 Å². The van der Waals surface area contributed by atoms with Crippen LogP contribution in [0.4, 0.5) is 0 Å². The average Bonchev–Trinajstić information content (AvgIpc) is 2.65. The Bertz CT molecular complexity index is 569. The molecule has 1 fully saturated rings. The van der Waals surface area contributed by atoms with E-state index in [9.17, 15) is 0 Å². The van der Waals surface area contributed by atoms with Gasteiger partial charge >= 0.3 is 0 Å². The summed E-state index contributed by atoms with van der Waals surface area (Å²) in [5, 5.41) is 0. The lowest BCUT2D eigenvalue weighted by Gasteiger charge is -2.49. The molecule has 1 atom stereocenters. The van der Waals surface area contributed by atoms with Gasteiger partial charge in [-0.25, -0.2) is 0 Å². The molecule has 0 amide bonds. The van der Waals surface area contributed by atoms with Crippen molar-refractivity contribution in [1.29, 1.82) is 0 Å². The molecule has 2 aromatic carbocycles. The number of piperidine rings is 1. The lowest BCUT2D eigenvalue weighted by molar-refractivity contribution is 0.0685. The van der Waals surface area contributed by atoms with Gasteiger partial charge in [0.2, 0.25) is 0 Å². The van der Waals surface area contributed by atoms with Crippen LogP contribution in [0, 0.1) is 5.92 Å². The fourth-order valence-corrected chi connectivity index (χ4v) is 4.34. The van der Waals surface area contributed by atoms with E-state index in [4.69, 9.17) is 5.73 Å². The van der Waals surface area contributed by atoms with E-state index < -0.39 is 0 Å². The molecule has 0 bridgehead atoms. The van der Waals surface area contributed by atoms with Crippen molar-refractivity contribution >= 4 is 0 Å². The van der Waals surface area contributed by atoms with Crippen LogP contribution in [-0.4, -0.2) is 25.0 Å². The lowest BCUT2D eigenvalue weighted by atomic mass is 9.70. The van der Waals surface area contributed by atoms with Crippen LogP contribution < -0.4 is 5.73 Å². The van der Waals surface area contributed by atoms with Gasteiger partial charge in [0.25, 0.3) is 0 Å². The van der Waals surface area contributed by atoms with Gasteiger partial charge in [-0.3, -0.25) is 4.90 Å². The van der Waals surface area contributed by atoms with E-state index in [-0.39, 0.29) is 5.54 Å². The van der Waals surface area contributed by atoms with Crippen LogP contribution in [0.2, 0.25) is 0 Å². The Balaban J connectivity index is 1.97. The van der Waals surface area contributed by atoms with E-state index in [0.29, 0.717) is 0 Å². The van der Waals surface area contributed by atoms with Gasteiger partial charge < -0.3 is 5.73 Å². The van der Waals surface area contributed by atoms with Crippen molar-refractivity contribution in [2.45, 2.75) is 37.6 Å². The maximum Gasteiger partial charge on any atom is 0.0715 e. The monoisotopic (exact) mass is 322 g/mol. The molecule has 2 heteroatoms. The Labute approximate surface area is 146 Å². The molecule has 0 aliphatic carbocycles. The summed E-state index contributed by atoms with van der Waals surface area (Å²) in [4.78, 5) is 2.57. The Morgan fingerprint density at radius 2 is 1.54 bits per heavy atom. The summed E-state index contributed by atoms with van der Waals surface area (Å²) in [5.41, 5.74) is 8.53. The number of benzene rings is 2. The minimum atomic E-state index is -0.00580. The molecule has 0 spiro atoms. The molecule has 0 aromatic heterocycles. The van der Waals surface area contributed by atoms with Crippen molar-refractivity contribution < 1.29 is 0 Å². The lowest BCUT2D eigenvalue weighted by Crippen LogP contribution is -2.50. The standard InChI is InChI=1S/C22H30N2/c1-24-17-15-19(10-8-9-16-23)18-22(24,20-11-4-2-5-12-20)21-13-6-3-7-14-21/h2-7,11-14,19H,8-10,15-18,23H2,1H3. The van der Waals surface area contributed by atoms with E-state index in [1.54, 1.807) is 0 Å². The second-order valence-corrected chi connectivity index (χ2v) is 7.16. The van der Waals surface area contributed by atoms with Crippen molar-refractivity contribution in [3.63, 3.8) is 0 Å². The molecule has 128 valence electrons. The SMILES string of the molecule is CN1CCC(CCCCN)CC1(c1ccccc1)c1ccccc1. The molecule has 1 saturated heterocycles. The van der Waals surface area contributed by atoms with Gasteiger partial charge in [-0.15, -0.1) is 0 Å². The van der Waals surface area contributed by atoms with Crippen molar-refractivity contribution in [2.75, 3.05) is 20.1 Å². The van der Waals surface area contributed by atoms with Crippen molar-refractivity contribution in [3.05, 3.63) is 71.8 Å². The fraction of sp³-hybridized carbons (Fsp3) is 0.455. The summed E-state index contributed by atoms with van der Waals surface area (Å²) < 4.78 is 0. The highest BCUT2D eigenvalue weighted by molar-refractivity contribution is 5.39. The van der Waals surface area contributed by atoms with Gasteiger partial charge in [0, 0.05) is 0 Å². The quantitative estimate of drug-likeness (QED) is 0.799. The van der Waals surface area contributed by atoms with Gasteiger partial charge in [0.1, 0.15) is 0 Å². The normalized spacial score (nSPS) is 20.8. The van der Waals surface area contributed by atoms with E-state index in [1.807, 2.05) is 0 Å². The maximum atomic E-state index is 5.69. The number of unbranched alkanes of at least 4 members (excludes halogenated alkanes) is 1. The highest BCUT2D eigenvalue weighted by Crippen LogP contribution is 2.45. The smallest absolute Gasteiger partial charge is 0.0715 e. The van der Waals surface area contributed by atoms with Crippen LogP contribution in [0.3, 0.4) is 0 Å². The Hall–Kier alpha value is -1.64. The first kappa shape index (κ1) is 17.2. The zero-order valence-electron chi connectivity index (χ0n) is 14.8. The second kappa shape index (κ2) is 7.96. The predicted octanol–water partition coefficient (Wildman–Crippen LogP) is 4.40. The molecule has 24 heavy (non-hydrogen) atoms. The van der Waals surface area contributed by atoms with Crippen LogP contribution in [0.15, 0.2) is 60.7 Å². The van der Waals surface area contributed by atoms with Gasteiger partial charge in [-0.2, -0.15) is 0 Å². The molecular weight excluding hydrogens is 292 g/mol. The topological polar surface area (TPSA) is 29.3 Å². The number of nitrogens with zero attached hydrogens (tertiary/aromatic N) is 1. The van der Waals surface area contributed by atoms with E-state index >= 15 is 0 Å². The highest BCUT2D eigenvalue weighted by atomic mass is 15.2. The third-order valence-electron chi connectivity index (χ3n) is 5.68. The highest BCUT2D eigenvalue weighted by Gasteiger charge is 2.42. The Morgan fingerprint density at radius 3 is 2.08 bits per heavy atom. The predicted molar refractivity (Wildman–Crippen MR) is 102 cm³/mol. The third-order valence-corrected chi connectivity index (χ3v) is 5.68. The molecule has 1 unspecified atom stereocenters. The number of nitrogens with two attached hydrogens (primary N) is 1. The van der Waals surface area contributed by atoms with E-state index in [0.717, 1.165) is 25.4 Å². The molecule has 2 N–H and O–H groups in total. The van der Waals surface area contributed by atoms with E-state index in [2.05, 4.69) is 72.6 Å². The molecule has 0 radical (unpaired) electrons. The first-order valence-electron chi connectivity index (χ1n) is 9.29.